The maximum atomic E-state index is 5.83. The highest BCUT2D eigenvalue weighted by atomic mass is 14.9. The van der Waals surface area contributed by atoms with Crippen molar-refractivity contribution in [2.75, 3.05) is 5.73 Å². The molecule has 0 saturated carbocycles. The van der Waals surface area contributed by atoms with Gasteiger partial charge in [0.25, 0.3) is 0 Å². The number of anilines is 1. The van der Waals surface area contributed by atoms with E-state index < -0.39 is 0 Å². The lowest BCUT2D eigenvalue weighted by molar-refractivity contribution is 0.837. The summed E-state index contributed by atoms with van der Waals surface area (Å²) in [6, 6.07) is 18.6. The minimum absolute atomic E-state index is 0.811. The van der Waals surface area contributed by atoms with Crippen molar-refractivity contribution in [2.24, 2.45) is 0 Å². The maximum absolute atomic E-state index is 5.83. The molecule has 2 heteroatoms. The van der Waals surface area contributed by atoms with Gasteiger partial charge in [-0.3, -0.25) is 0 Å². The minimum Gasteiger partial charge on any atom is -0.399 e. The highest BCUT2D eigenvalue weighted by Gasteiger charge is 2.01. The van der Waals surface area contributed by atoms with Crippen molar-refractivity contribution in [3.8, 4) is 0 Å². The molecule has 3 rings (SSSR count). The lowest BCUT2D eigenvalue weighted by Gasteiger charge is -2.06. The molecule has 1 heterocycles. The fourth-order valence-corrected chi connectivity index (χ4v) is 2.12. The summed E-state index contributed by atoms with van der Waals surface area (Å²) >= 11 is 0. The molecule has 0 aliphatic carbocycles. The number of benzene rings is 2. The van der Waals surface area contributed by atoms with Gasteiger partial charge in [-0.2, -0.15) is 0 Å². The van der Waals surface area contributed by atoms with Crippen LogP contribution in [0.4, 0.5) is 5.69 Å². The van der Waals surface area contributed by atoms with Crippen molar-refractivity contribution in [2.45, 2.75) is 6.54 Å². The number of hydrogen-bond acceptors (Lipinski definition) is 1. The Bertz CT molecular complexity index is 638. The third kappa shape index (κ3) is 1.89. The first-order valence-electron chi connectivity index (χ1n) is 5.71. The lowest BCUT2D eigenvalue weighted by atomic mass is 10.2. The molecule has 0 unspecified atom stereocenters. The van der Waals surface area contributed by atoms with Crippen molar-refractivity contribution in [1.29, 1.82) is 0 Å². The Hall–Kier alpha value is -2.22. The molecule has 2 nitrogen and oxygen atoms in total. The van der Waals surface area contributed by atoms with E-state index in [9.17, 15) is 0 Å². The molecule has 0 fully saturated rings. The van der Waals surface area contributed by atoms with Gasteiger partial charge in [0.2, 0.25) is 0 Å². The summed E-state index contributed by atoms with van der Waals surface area (Å²) in [5, 5.41) is 1.23. The Kier molecular flexibility index (Phi) is 2.33. The fourth-order valence-electron chi connectivity index (χ4n) is 2.12. The fraction of sp³-hybridized carbons (Fsp3) is 0.0667. The third-order valence-corrected chi connectivity index (χ3v) is 2.99. The second-order valence-corrected chi connectivity index (χ2v) is 4.25. The van der Waals surface area contributed by atoms with Gasteiger partial charge in [0.15, 0.2) is 0 Å². The zero-order valence-electron chi connectivity index (χ0n) is 9.51. The Morgan fingerprint density at radius 3 is 2.59 bits per heavy atom. The van der Waals surface area contributed by atoms with Gasteiger partial charge in [0, 0.05) is 18.4 Å². The Morgan fingerprint density at radius 2 is 1.76 bits per heavy atom. The van der Waals surface area contributed by atoms with Gasteiger partial charge >= 0.3 is 0 Å². The number of fused-ring (bicyclic) bond motifs is 1. The standard InChI is InChI=1S/C15H14N2/c16-14-7-6-13-8-9-17(15(13)10-14)11-12-4-2-1-3-5-12/h1-10H,11,16H2. The molecule has 0 aliphatic heterocycles. The average molecular weight is 222 g/mol. The van der Waals surface area contributed by atoms with Crippen molar-refractivity contribution >= 4 is 16.6 Å². The van der Waals surface area contributed by atoms with Gasteiger partial charge in [-0.05, 0) is 29.1 Å². The van der Waals surface area contributed by atoms with E-state index in [0.717, 1.165) is 12.2 Å². The van der Waals surface area contributed by atoms with Crippen LogP contribution in [0.25, 0.3) is 10.9 Å². The van der Waals surface area contributed by atoms with Gasteiger partial charge in [-0.15, -0.1) is 0 Å². The molecule has 0 radical (unpaired) electrons. The van der Waals surface area contributed by atoms with Crippen LogP contribution >= 0.6 is 0 Å². The van der Waals surface area contributed by atoms with Crippen LogP contribution in [0.1, 0.15) is 5.56 Å². The van der Waals surface area contributed by atoms with Crippen LogP contribution < -0.4 is 5.73 Å². The van der Waals surface area contributed by atoms with E-state index in [0.29, 0.717) is 0 Å². The zero-order valence-corrected chi connectivity index (χ0v) is 9.51. The third-order valence-electron chi connectivity index (χ3n) is 2.99. The first kappa shape index (κ1) is 9.97. The molecule has 2 N–H and O–H groups in total. The SMILES string of the molecule is Nc1ccc2ccn(Cc3ccccc3)c2c1. The summed E-state index contributed by atoms with van der Waals surface area (Å²) in [5.41, 5.74) is 9.13. The van der Waals surface area contributed by atoms with E-state index >= 15 is 0 Å². The maximum Gasteiger partial charge on any atom is 0.0504 e. The van der Waals surface area contributed by atoms with Crippen LogP contribution in [-0.4, -0.2) is 4.57 Å². The van der Waals surface area contributed by atoms with Gasteiger partial charge in [0.05, 0.1) is 5.52 Å². The first-order valence-corrected chi connectivity index (χ1v) is 5.71. The highest BCUT2D eigenvalue weighted by molar-refractivity contribution is 5.83. The number of nitrogens with two attached hydrogens (primary N) is 1. The summed E-state index contributed by atoms with van der Waals surface area (Å²) in [6.07, 6.45) is 2.11. The van der Waals surface area contributed by atoms with Gasteiger partial charge in [-0.1, -0.05) is 36.4 Å². The summed E-state index contributed by atoms with van der Waals surface area (Å²) in [7, 11) is 0. The van der Waals surface area contributed by atoms with Gasteiger partial charge in [0.1, 0.15) is 0 Å². The van der Waals surface area contributed by atoms with Crippen LogP contribution in [0.5, 0.6) is 0 Å². The Balaban J connectivity index is 2.03. The molecular formula is C15H14N2. The second-order valence-electron chi connectivity index (χ2n) is 4.25. The van der Waals surface area contributed by atoms with E-state index in [-0.39, 0.29) is 0 Å². The zero-order chi connectivity index (χ0) is 11.7. The number of rotatable bonds is 2. The van der Waals surface area contributed by atoms with Crippen molar-refractivity contribution in [3.05, 3.63) is 66.4 Å². The molecule has 0 atom stereocenters. The largest absolute Gasteiger partial charge is 0.399 e. The second kappa shape index (κ2) is 3.98. The molecule has 17 heavy (non-hydrogen) atoms. The molecule has 84 valence electrons. The summed E-state index contributed by atoms with van der Waals surface area (Å²) in [4.78, 5) is 0. The molecule has 2 aromatic carbocycles. The number of hydrogen-bond donors (Lipinski definition) is 1. The summed E-state index contributed by atoms with van der Waals surface area (Å²) in [5.74, 6) is 0. The first-order chi connectivity index (χ1) is 8.33. The van der Waals surface area contributed by atoms with E-state index in [4.69, 9.17) is 5.73 Å². The quantitative estimate of drug-likeness (QED) is 0.663. The summed E-state index contributed by atoms with van der Waals surface area (Å²) < 4.78 is 2.22. The van der Waals surface area contributed by atoms with Crippen molar-refractivity contribution in [3.63, 3.8) is 0 Å². The molecule has 0 spiro atoms. The van der Waals surface area contributed by atoms with E-state index in [1.807, 2.05) is 18.2 Å². The van der Waals surface area contributed by atoms with Crippen molar-refractivity contribution in [1.82, 2.24) is 4.57 Å². The molecule has 3 aromatic rings. The lowest BCUT2D eigenvalue weighted by Crippen LogP contribution is -1.97. The van der Waals surface area contributed by atoms with E-state index in [1.165, 1.54) is 16.5 Å². The van der Waals surface area contributed by atoms with Crippen LogP contribution in [0, 0.1) is 0 Å². The van der Waals surface area contributed by atoms with Crippen LogP contribution in [0.3, 0.4) is 0 Å². The predicted octanol–water partition coefficient (Wildman–Crippen LogP) is 3.27. The molecular weight excluding hydrogens is 208 g/mol. The minimum atomic E-state index is 0.811. The molecule has 0 saturated heterocycles. The predicted molar refractivity (Wildman–Crippen MR) is 71.9 cm³/mol. The van der Waals surface area contributed by atoms with Gasteiger partial charge < -0.3 is 10.3 Å². The van der Waals surface area contributed by atoms with Crippen molar-refractivity contribution < 1.29 is 0 Å². The molecule has 0 aliphatic rings. The van der Waals surface area contributed by atoms with E-state index in [1.54, 1.807) is 0 Å². The number of nitrogens with zero attached hydrogens (tertiary/aromatic N) is 1. The average Bonchev–Trinajstić information content (AvgIpc) is 2.73. The normalized spacial score (nSPS) is 10.8. The Labute approximate surface area is 100 Å². The molecule has 0 bridgehead atoms. The monoisotopic (exact) mass is 222 g/mol. The van der Waals surface area contributed by atoms with Gasteiger partial charge in [-0.25, -0.2) is 0 Å². The summed E-state index contributed by atoms with van der Waals surface area (Å²) in [6.45, 7) is 0.883. The highest BCUT2D eigenvalue weighted by Crippen LogP contribution is 2.19. The number of aromatic nitrogens is 1. The smallest absolute Gasteiger partial charge is 0.0504 e. The van der Waals surface area contributed by atoms with Crippen LogP contribution in [0.2, 0.25) is 0 Å². The Morgan fingerprint density at radius 1 is 0.941 bits per heavy atom. The van der Waals surface area contributed by atoms with Crippen LogP contribution in [0.15, 0.2) is 60.8 Å². The van der Waals surface area contributed by atoms with E-state index in [2.05, 4.69) is 47.2 Å². The van der Waals surface area contributed by atoms with Crippen LogP contribution in [-0.2, 0) is 6.54 Å². The topological polar surface area (TPSA) is 30.9 Å². The molecule has 1 aromatic heterocycles. The molecule has 0 amide bonds. The number of nitrogen functional groups attached to an aromatic ring is 1.